The fourth-order valence-corrected chi connectivity index (χ4v) is 2.20. The summed E-state index contributed by atoms with van der Waals surface area (Å²) in [5.74, 6) is 2.15. The van der Waals surface area contributed by atoms with Crippen molar-refractivity contribution in [3.63, 3.8) is 0 Å². The standard InChI is InChI=1S/C19H18N2O3/c1-3-23-24-18-10-4-14(5-11-18)16-12-20-19(21-13-16)15-6-8-17(22-2)9-7-15/h4-13H,3H2,1-2H3. The lowest BCUT2D eigenvalue weighted by atomic mass is 10.1. The van der Waals surface area contributed by atoms with E-state index in [9.17, 15) is 0 Å². The van der Waals surface area contributed by atoms with Gasteiger partial charge in [-0.15, -0.1) is 0 Å². The van der Waals surface area contributed by atoms with E-state index in [1.54, 1.807) is 7.11 Å². The second-order valence-corrected chi connectivity index (χ2v) is 5.04. The summed E-state index contributed by atoms with van der Waals surface area (Å²) in [6.07, 6.45) is 3.62. The number of nitrogens with zero attached hydrogens (tertiary/aromatic N) is 2. The van der Waals surface area contributed by atoms with Crippen molar-refractivity contribution in [3.05, 3.63) is 60.9 Å². The molecule has 2 aromatic carbocycles. The first-order valence-electron chi connectivity index (χ1n) is 7.66. The van der Waals surface area contributed by atoms with E-state index in [0.29, 0.717) is 18.2 Å². The van der Waals surface area contributed by atoms with Gasteiger partial charge in [0.2, 0.25) is 0 Å². The number of hydrogen-bond acceptors (Lipinski definition) is 5. The molecule has 24 heavy (non-hydrogen) atoms. The Balaban J connectivity index is 1.76. The maximum atomic E-state index is 5.16. The average molecular weight is 322 g/mol. The van der Waals surface area contributed by atoms with Gasteiger partial charge in [0.15, 0.2) is 11.6 Å². The molecular formula is C19H18N2O3. The molecule has 1 heterocycles. The summed E-state index contributed by atoms with van der Waals surface area (Å²) < 4.78 is 5.16. The van der Waals surface area contributed by atoms with Crippen LogP contribution in [-0.4, -0.2) is 23.7 Å². The number of rotatable bonds is 6. The Kier molecular flexibility index (Phi) is 5.03. The zero-order valence-electron chi connectivity index (χ0n) is 13.6. The number of ether oxygens (including phenoxy) is 1. The van der Waals surface area contributed by atoms with E-state index in [-0.39, 0.29) is 0 Å². The molecule has 0 amide bonds. The lowest BCUT2D eigenvalue weighted by Crippen LogP contribution is -1.95. The van der Waals surface area contributed by atoms with E-state index in [1.807, 2.05) is 67.8 Å². The lowest BCUT2D eigenvalue weighted by Gasteiger charge is -2.06. The Morgan fingerprint density at radius 2 is 1.33 bits per heavy atom. The van der Waals surface area contributed by atoms with Gasteiger partial charge in [-0.3, -0.25) is 0 Å². The van der Waals surface area contributed by atoms with Gasteiger partial charge in [-0.05, 0) is 48.9 Å². The topological polar surface area (TPSA) is 53.5 Å². The van der Waals surface area contributed by atoms with Crippen molar-refractivity contribution >= 4 is 0 Å². The zero-order valence-corrected chi connectivity index (χ0v) is 13.6. The van der Waals surface area contributed by atoms with Gasteiger partial charge < -0.3 is 9.62 Å². The highest BCUT2D eigenvalue weighted by molar-refractivity contribution is 5.64. The lowest BCUT2D eigenvalue weighted by molar-refractivity contribution is -0.202. The smallest absolute Gasteiger partial charge is 0.165 e. The molecule has 5 heteroatoms. The Morgan fingerprint density at radius 1 is 0.750 bits per heavy atom. The predicted octanol–water partition coefficient (Wildman–Crippen LogP) is 4.15. The minimum atomic E-state index is 0.502. The van der Waals surface area contributed by atoms with E-state index in [4.69, 9.17) is 14.5 Å². The summed E-state index contributed by atoms with van der Waals surface area (Å²) >= 11 is 0. The van der Waals surface area contributed by atoms with Gasteiger partial charge in [0.25, 0.3) is 0 Å². The Hall–Kier alpha value is -2.92. The Morgan fingerprint density at radius 3 is 1.92 bits per heavy atom. The quantitative estimate of drug-likeness (QED) is 0.504. The summed E-state index contributed by atoms with van der Waals surface area (Å²) in [5.41, 5.74) is 2.90. The summed E-state index contributed by atoms with van der Waals surface area (Å²) in [5, 5.41) is 0. The maximum absolute atomic E-state index is 5.16. The van der Waals surface area contributed by atoms with E-state index in [1.165, 1.54) is 0 Å². The number of hydrogen-bond donors (Lipinski definition) is 0. The summed E-state index contributed by atoms with van der Waals surface area (Å²) in [4.78, 5) is 18.9. The second kappa shape index (κ2) is 7.57. The van der Waals surface area contributed by atoms with Gasteiger partial charge in [0.1, 0.15) is 5.75 Å². The number of aromatic nitrogens is 2. The van der Waals surface area contributed by atoms with Crippen LogP contribution in [0, 0.1) is 0 Å². The molecular weight excluding hydrogens is 304 g/mol. The van der Waals surface area contributed by atoms with Crippen molar-refractivity contribution in [2.75, 3.05) is 13.7 Å². The molecule has 0 aliphatic heterocycles. The number of methoxy groups -OCH3 is 1. The van der Waals surface area contributed by atoms with Crippen LogP contribution in [0.3, 0.4) is 0 Å². The normalized spacial score (nSPS) is 10.4. The van der Waals surface area contributed by atoms with Crippen LogP contribution in [0.25, 0.3) is 22.5 Å². The molecule has 0 aliphatic carbocycles. The van der Waals surface area contributed by atoms with Crippen molar-refractivity contribution < 1.29 is 14.5 Å². The molecule has 0 saturated carbocycles. The SMILES string of the molecule is CCOOc1ccc(-c2cnc(-c3ccc(OC)cc3)nc2)cc1. The highest BCUT2D eigenvalue weighted by Gasteiger charge is 2.04. The fraction of sp³-hybridized carbons (Fsp3) is 0.158. The zero-order chi connectivity index (χ0) is 16.8. The molecule has 0 aliphatic rings. The third-order valence-corrected chi connectivity index (χ3v) is 3.46. The first kappa shape index (κ1) is 16.0. The second-order valence-electron chi connectivity index (χ2n) is 5.04. The molecule has 0 N–H and O–H groups in total. The average Bonchev–Trinajstić information content (AvgIpc) is 2.67. The van der Waals surface area contributed by atoms with Crippen LogP contribution in [0.4, 0.5) is 0 Å². The van der Waals surface area contributed by atoms with Crippen molar-refractivity contribution in [3.8, 4) is 34.0 Å². The first-order valence-corrected chi connectivity index (χ1v) is 7.66. The molecule has 5 nitrogen and oxygen atoms in total. The molecule has 122 valence electrons. The van der Waals surface area contributed by atoms with E-state index < -0.39 is 0 Å². The van der Waals surface area contributed by atoms with Crippen LogP contribution in [0.15, 0.2) is 60.9 Å². The maximum Gasteiger partial charge on any atom is 0.165 e. The van der Waals surface area contributed by atoms with E-state index in [0.717, 1.165) is 22.4 Å². The molecule has 3 rings (SSSR count). The fourth-order valence-electron chi connectivity index (χ4n) is 2.20. The summed E-state index contributed by atoms with van der Waals surface area (Å²) in [6.45, 7) is 2.37. The molecule has 1 aromatic heterocycles. The molecule has 0 saturated heterocycles. The third-order valence-electron chi connectivity index (χ3n) is 3.46. The molecule has 0 radical (unpaired) electrons. The Labute approximate surface area is 140 Å². The third kappa shape index (κ3) is 3.70. The van der Waals surface area contributed by atoms with Crippen LogP contribution >= 0.6 is 0 Å². The molecule has 3 aromatic rings. The van der Waals surface area contributed by atoms with Gasteiger partial charge in [-0.1, -0.05) is 12.1 Å². The van der Waals surface area contributed by atoms with Gasteiger partial charge in [0.05, 0.1) is 13.7 Å². The molecule has 0 fully saturated rings. The minimum absolute atomic E-state index is 0.502. The molecule has 0 atom stereocenters. The predicted molar refractivity (Wildman–Crippen MR) is 91.7 cm³/mol. The summed E-state index contributed by atoms with van der Waals surface area (Å²) in [7, 11) is 1.64. The van der Waals surface area contributed by atoms with Crippen molar-refractivity contribution in [1.82, 2.24) is 9.97 Å². The van der Waals surface area contributed by atoms with Gasteiger partial charge in [0, 0.05) is 23.5 Å². The monoisotopic (exact) mass is 322 g/mol. The molecule has 0 unspecified atom stereocenters. The van der Waals surface area contributed by atoms with Crippen molar-refractivity contribution in [2.24, 2.45) is 0 Å². The van der Waals surface area contributed by atoms with Gasteiger partial charge in [-0.2, -0.15) is 4.89 Å². The molecule has 0 bridgehead atoms. The van der Waals surface area contributed by atoms with Crippen LogP contribution in [0.1, 0.15) is 6.92 Å². The van der Waals surface area contributed by atoms with Crippen molar-refractivity contribution in [1.29, 1.82) is 0 Å². The highest BCUT2D eigenvalue weighted by Crippen LogP contribution is 2.24. The van der Waals surface area contributed by atoms with E-state index >= 15 is 0 Å². The summed E-state index contributed by atoms with van der Waals surface area (Å²) in [6, 6.07) is 15.2. The molecule has 0 spiro atoms. The largest absolute Gasteiger partial charge is 0.497 e. The number of benzene rings is 2. The minimum Gasteiger partial charge on any atom is -0.497 e. The van der Waals surface area contributed by atoms with Crippen LogP contribution in [-0.2, 0) is 4.89 Å². The van der Waals surface area contributed by atoms with Crippen LogP contribution in [0.5, 0.6) is 11.5 Å². The van der Waals surface area contributed by atoms with E-state index in [2.05, 4.69) is 9.97 Å². The highest BCUT2D eigenvalue weighted by atomic mass is 17.2. The first-order chi connectivity index (χ1) is 11.8. The van der Waals surface area contributed by atoms with Crippen molar-refractivity contribution in [2.45, 2.75) is 6.92 Å². The Bertz CT molecular complexity index is 769. The van der Waals surface area contributed by atoms with Crippen LogP contribution in [0.2, 0.25) is 0 Å². The van der Waals surface area contributed by atoms with Crippen LogP contribution < -0.4 is 9.62 Å². The van der Waals surface area contributed by atoms with Gasteiger partial charge >= 0.3 is 0 Å². The van der Waals surface area contributed by atoms with Gasteiger partial charge in [-0.25, -0.2) is 9.97 Å².